The molecule has 0 spiro atoms. The monoisotopic (exact) mass is 352 g/mol. The van der Waals surface area contributed by atoms with Gasteiger partial charge in [-0.3, -0.25) is 9.58 Å². The minimum absolute atomic E-state index is 0. The highest BCUT2D eigenvalue weighted by atomic mass is 35.5. The Balaban J connectivity index is 0.00000208. The normalized spacial score (nSPS) is 17.5. The fraction of sp³-hybridized carbons (Fsp3) is 0.500. The summed E-state index contributed by atoms with van der Waals surface area (Å²) in [6.07, 6.45) is 6.38. The molecule has 6 heteroatoms. The Bertz CT molecular complexity index is 618. The molecule has 1 aromatic carbocycles. The number of rotatable bonds is 5. The summed E-state index contributed by atoms with van der Waals surface area (Å²) < 4.78 is 14.8. The lowest BCUT2D eigenvalue weighted by Crippen LogP contribution is -2.39. The molecule has 24 heavy (non-hydrogen) atoms. The number of piperidine rings is 1. The van der Waals surface area contributed by atoms with Gasteiger partial charge < -0.3 is 5.73 Å². The summed E-state index contributed by atoms with van der Waals surface area (Å²) >= 11 is 0. The second kappa shape index (κ2) is 8.60. The van der Waals surface area contributed by atoms with Gasteiger partial charge in [0.1, 0.15) is 5.82 Å². The van der Waals surface area contributed by atoms with Crippen LogP contribution in [0.4, 0.5) is 4.39 Å². The van der Waals surface area contributed by atoms with E-state index in [4.69, 9.17) is 5.73 Å². The first-order valence-electron chi connectivity index (χ1n) is 8.34. The van der Waals surface area contributed by atoms with Gasteiger partial charge in [-0.1, -0.05) is 12.1 Å². The van der Waals surface area contributed by atoms with Crippen LogP contribution in [0.1, 0.15) is 30.9 Å². The van der Waals surface area contributed by atoms with Crippen molar-refractivity contribution in [3.05, 3.63) is 53.6 Å². The van der Waals surface area contributed by atoms with Crippen molar-refractivity contribution in [3.63, 3.8) is 0 Å². The maximum Gasteiger partial charge on any atom is 0.123 e. The van der Waals surface area contributed by atoms with Crippen LogP contribution < -0.4 is 5.73 Å². The first-order chi connectivity index (χ1) is 11.1. The Morgan fingerprint density at radius 1 is 1.17 bits per heavy atom. The van der Waals surface area contributed by atoms with E-state index in [9.17, 15) is 4.39 Å². The number of halogens is 2. The van der Waals surface area contributed by atoms with Crippen LogP contribution in [0.5, 0.6) is 0 Å². The summed E-state index contributed by atoms with van der Waals surface area (Å²) in [5.74, 6) is 0.456. The number of hydrogen-bond acceptors (Lipinski definition) is 3. The maximum atomic E-state index is 12.9. The van der Waals surface area contributed by atoms with Crippen LogP contribution >= 0.6 is 12.4 Å². The second-order valence-electron chi connectivity index (χ2n) is 6.65. The van der Waals surface area contributed by atoms with Crippen LogP contribution in [0, 0.1) is 11.7 Å². The molecular weight excluding hydrogens is 327 g/mol. The van der Waals surface area contributed by atoms with Crippen LogP contribution in [0.3, 0.4) is 0 Å². The van der Waals surface area contributed by atoms with Crippen molar-refractivity contribution in [2.24, 2.45) is 11.7 Å². The minimum atomic E-state index is -0.204. The molecule has 1 saturated heterocycles. The molecule has 132 valence electrons. The maximum absolute atomic E-state index is 12.9. The lowest BCUT2D eigenvalue weighted by Gasteiger charge is -2.33. The van der Waals surface area contributed by atoms with Gasteiger partial charge in [-0.25, -0.2) is 4.39 Å². The Kier molecular flexibility index (Phi) is 6.78. The molecule has 1 unspecified atom stereocenters. The molecule has 0 bridgehead atoms. The molecule has 1 aromatic heterocycles. The molecule has 0 saturated carbocycles. The molecule has 2 heterocycles. The first-order valence-corrected chi connectivity index (χ1v) is 8.34. The largest absolute Gasteiger partial charge is 0.328 e. The van der Waals surface area contributed by atoms with Gasteiger partial charge >= 0.3 is 0 Å². The van der Waals surface area contributed by atoms with Crippen molar-refractivity contribution in [2.75, 3.05) is 13.1 Å². The van der Waals surface area contributed by atoms with Gasteiger partial charge in [0, 0.05) is 24.3 Å². The van der Waals surface area contributed by atoms with Crippen molar-refractivity contribution in [3.8, 4) is 0 Å². The van der Waals surface area contributed by atoms with Gasteiger partial charge in [-0.15, -0.1) is 12.4 Å². The molecule has 1 aliphatic heterocycles. The molecule has 1 aliphatic rings. The van der Waals surface area contributed by atoms with Crippen molar-refractivity contribution >= 4 is 12.4 Å². The fourth-order valence-corrected chi connectivity index (χ4v) is 3.25. The summed E-state index contributed by atoms with van der Waals surface area (Å²) in [7, 11) is 0. The number of nitrogens with zero attached hydrogens (tertiary/aromatic N) is 3. The lowest BCUT2D eigenvalue weighted by molar-refractivity contribution is 0.165. The van der Waals surface area contributed by atoms with Crippen molar-refractivity contribution in [2.45, 2.75) is 38.9 Å². The van der Waals surface area contributed by atoms with E-state index in [0.717, 1.165) is 25.2 Å². The number of aromatic nitrogens is 2. The molecule has 2 aromatic rings. The van der Waals surface area contributed by atoms with Crippen molar-refractivity contribution in [1.29, 1.82) is 0 Å². The number of nitrogens with two attached hydrogens (primary N) is 1. The molecule has 2 N–H and O–H groups in total. The Labute approximate surface area is 149 Å². The number of benzene rings is 1. The van der Waals surface area contributed by atoms with Crippen molar-refractivity contribution < 1.29 is 4.39 Å². The molecule has 0 amide bonds. The molecular formula is C18H26ClFN4. The van der Waals surface area contributed by atoms with Gasteiger partial charge in [0.25, 0.3) is 0 Å². The average molecular weight is 353 g/mol. The minimum Gasteiger partial charge on any atom is -0.328 e. The second-order valence-corrected chi connectivity index (χ2v) is 6.65. The number of hydrogen-bond donors (Lipinski definition) is 1. The predicted octanol–water partition coefficient (Wildman–Crippen LogP) is 3.05. The van der Waals surface area contributed by atoms with Gasteiger partial charge in [-0.2, -0.15) is 5.10 Å². The highest BCUT2D eigenvalue weighted by Gasteiger charge is 2.21. The van der Waals surface area contributed by atoms with E-state index in [1.54, 1.807) is 12.1 Å². The van der Waals surface area contributed by atoms with Gasteiger partial charge in [0.2, 0.25) is 0 Å². The van der Waals surface area contributed by atoms with E-state index in [0.29, 0.717) is 18.5 Å². The molecule has 1 atom stereocenters. The van der Waals surface area contributed by atoms with Gasteiger partial charge in [0.05, 0.1) is 12.7 Å². The van der Waals surface area contributed by atoms with E-state index in [2.05, 4.69) is 23.1 Å². The van der Waals surface area contributed by atoms with Crippen LogP contribution in [0.15, 0.2) is 36.7 Å². The summed E-state index contributed by atoms with van der Waals surface area (Å²) in [6, 6.07) is 6.88. The molecule has 0 radical (unpaired) electrons. The molecule has 3 rings (SSSR count). The van der Waals surface area contributed by atoms with Gasteiger partial charge in [-0.05, 0) is 56.5 Å². The predicted molar refractivity (Wildman–Crippen MR) is 96.6 cm³/mol. The van der Waals surface area contributed by atoms with Crippen molar-refractivity contribution in [1.82, 2.24) is 14.7 Å². The third-order valence-electron chi connectivity index (χ3n) is 4.73. The van der Waals surface area contributed by atoms with E-state index in [1.807, 2.05) is 10.9 Å². The zero-order chi connectivity index (χ0) is 16.2. The Morgan fingerprint density at radius 2 is 1.83 bits per heavy atom. The standard InChI is InChI=1S/C18H25FN4.ClH/c1-14(20)17-6-8-22(9-7-17)11-16-10-21-23(13-16)12-15-2-4-18(19)5-3-15;/h2-5,10,13-14,17H,6-9,11-12,20H2,1H3;1H. The molecule has 4 nitrogen and oxygen atoms in total. The summed E-state index contributed by atoms with van der Waals surface area (Å²) in [4.78, 5) is 2.47. The zero-order valence-corrected chi connectivity index (χ0v) is 14.9. The SMILES string of the molecule is CC(N)C1CCN(Cc2cnn(Cc3ccc(F)cc3)c2)CC1.Cl. The Hall–Kier alpha value is -1.43. The van der Waals surface area contributed by atoms with Crippen LogP contribution in [-0.4, -0.2) is 33.8 Å². The highest BCUT2D eigenvalue weighted by Crippen LogP contribution is 2.21. The average Bonchev–Trinajstić information content (AvgIpc) is 2.97. The summed E-state index contributed by atoms with van der Waals surface area (Å²) in [6.45, 7) is 5.94. The van der Waals surface area contributed by atoms with E-state index >= 15 is 0 Å². The van der Waals surface area contributed by atoms with Crippen LogP contribution in [0.25, 0.3) is 0 Å². The van der Waals surface area contributed by atoms with Crippen LogP contribution in [-0.2, 0) is 13.1 Å². The Morgan fingerprint density at radius 3 is 2.46 bits per heavy atom. The van der Waals surface area contributed by atoms with Crippen LogP contribution in [0.2, 0.25) is 0 Å². The van der Waals surface area contributed by atoms with E-state index in [1.165, 1.54) is 30.5 Å². The quantitative estimate of drug-likeness (QED) is 0.899. The third-order valence-corrected chi connectivity index (χ3v) is 4.73. The highest BCUT2D eigenvalue weighted by molar-refractivity contribution is 5.85. The summed E-state index contributed by atoms with van der Waals surface area (Å²) in [5.41, 5.74) is 8.28. The fourth-order valence-electron chi connectivity index (χ4n) is 3.25. The molecule has 1 fully saturated rings. The smallest absolute Gasteiger partial charge is 0.123 e. The summed E-state index contributed by atoms with van der Waals surface area (Å²) in [5, 5.41) is 4.42. The lowest BCUT2D eigenvalue weighted by atomic mass is 9.91. The third kappa shape index (κ3) is 5.03. The topological polar surface area (TPSA) is 47.1 Å². The molecule has 0 aliphatic carbocycles. The van der Waals surface area contributed by atoms with E-state index in [-0.39, 0.29) is 18.2 Å². The van der Waals surface area contributed by atoms with Gasteiger partial charge in [0.15, 0.2) is 0 Å². The number of likely N-dealkylation sites (tertiary alicyclic amines) is 1. The first kappa shape index (κ1) is 18.9. The zero-order valence-electron chi connectivity index (χ0n) is 14.1. The van der Waals surface area contributed by atoms with E-state index < -0.39 is 0 Å².